The van der Waals surface area contributed by atoms with Crippen LogP contribution in [0.4, 0.5) is 5.69 Å². The highest BCUT2D eigenvalue weighted by molar-refractivity contribution is 8.00. The third-order valence-electron chi connectivity index (χ3n) is 3.79. The Morgan fingerprint density at radius 1 is 1.19 bits per heavy atom. The summed E-state index contributed by atoms with van der Waals surface area (Å²) in [7, 11) is 0. The van der Waals surface area contributed by atoms with E-state index in [0.29, 0.717) is 5.69 Å². The molecule has 0 unspecified atom stereocenters. The molecule has 2 rings (SSSR count). The highest BCUT2D eigenvalue weighted by Crippen LogP contribution is 2.34. The fourth-order valence-electron chi connectivity index (χ4n) is 2.47. The maximum atomic E-state index is 12.2. The molecule has 0 N–H and O–H groups in total. The van der Waals surface area contributed by atoms with E-state index in [2.05, 4.69) is 0 Å². The van der Waals surface area contributed by atoms with Gasteiger partial charge in [0, 0.05) is 18.0 Å². The lowest BCUT2D eigenvalue weighted by Crippen LogP contribution is -2.41. The van der Waals surface area contributed by atoms with Crippen LogP contribution in [0.1, 0.15) is 12.8 Å². The summed E-state index contributed by atoms with van der Waals surface area (Å²) < 4.78 is 5.01. The van der Waals surface area contributed by atoms with Crippen molar-refractivity contribution < 1.29 is 19.1 Å². The number of benzene rings is 1. The fourth-order valence-corrected chi connectivity index (χ4v) is 3.40. The van der Waals surface area contributed by atoms with Crippen molar-refractivity contribution in [2.45, 2.75) is 17.7 Å². The summed E-state index contributed by atoms with van der Waals surface area (Å²) in [5.41, 5.74) is 0.645. The first kappa shape index (κ1) is 20.3. The van der Waals surface area contributed by atoms with Gasteiger partial charge in [0.05, 0.1) is 36.4 Å². The van der Waals surface area contributed by atoms with Crippen LogP contribution >= 0.6 is 11.8 Å². The minimum atomic E-state index is -0.695. The zero-order valence-electron chi connectivity index (χ0n) is 14.6. The van der Waals surface area contributed by atoms with Gasteiger partial charge in [-0.2, -0.15) is 10.5 Å². The number of nitriles is 2. The van der Waals surface area contributed by atoms with Gasteiger partial charge in [-0.3, -0.25) is 19.3 Å². The maximum Gasteiger partial charge on any atom is 0.326 e. The normalized spacial score (nSPS) is 12.5. The van der Waals surface area contributed by atoms with E-state index in [9.17, 15) is 14.4 Å². The number of rotatable bonds is 8. The van der Waals surface area contributed by atoms with Gasteiger partial charge in [-0.1, -0.05) is 12.1 Å². The van der Waals surface area contributed by atoms with Crippen molar-refractivity contribution in [3.8, 4) is 12.1 Å². The first-order valence-corrected chi connectivity index (χ1v) is 9.25. The van der Waals surface area contributed by atoms with E-state index in [1.165, 1.54) is 21.6 Å². The Balaban J connectivity index is 1.92. The topological polar surface area (TPSA) is 114 Å². The molecule has 0 radical (unpaired) electrons. The monoisotopic (exact) mass is 386 g/mol. The van der Waals surface area contributed by atoms with Crippen LogP contribution < -0.4 is 4.90 Å². The van der Waals surface area contributed by atoms with E-state index >= 15 is 0 Å². The van der Waals surface area contributed by atoms with Gasteiger partial charge in [-0.25, -0.2) is 0 Å². The summed E-state index contributed by atoms with van der Waals surface area (Å²) in [6, 6.07) is 11.1. The van der Waals surface area contributed by atoms with Crippen LogP contribution in [0.15, 0.2) is 29.2 Å². The Morgan fingerprint density at radius 2 is 1.85 bits per heavy atom. The number of fused-ring (bicyclic) bond motifs is 1. The summed E-state index contributed by atoms with van der Waals surface area (Å²) >= 11 is 1.41. The molecule has 0 saturated heterocycles. The van der Waals surface area contributed by atoms with E-state index < -0.39 is 18.5 Å². The number of anilines is 1. The zero-order valence-corrected chi connectivity index (χ0v) is 15.4. The van der Waals surface area contributed by atoms with Crippen LogP contribution in [-0.2, 0) is 19.1 Å². The molecule has 0 aromatic heterocycles. The molecular formula is C18H18N4O4S. The van der Waals surface area contributed by atoms with Gasteiger partial charge in [-0.15, -0.1) is 11.8 Å². The lowest BCUT2D eigenvalue weighted by Gasteiger charge is -2.28. The van der Waals surface area contributed by atoms with Gasteiger partial charge in [0.2, 0.25) is 5.91 Å². The summed E-state index contributed by atoms with van der Waals surface area (Å²) in [6.45, 7) is -0.429. The van der Waals surface area contributed by atoms with Gasteiger partial charge in [0.25, 0.3) is 5.91 Å². The zero-order chi connectivity index (χ0) is 19.6. The largest absolute Gasteiger partial charge is 0.454 e. The number of nitrogens with zero attached hydrogens (tertiary/aromatic N) is 4. The van der Waals surface area contributed by atoms with Crippen molar-refractivity contribution in [1.29, 1.82) is 10.5 Å². The third kappa shape index (κ3) is 5.73. The predicted octanol–water partition coefficient (Wildman–Crippen LogP) is 1.32. The van der Waals surface area contributed by atoms with Gasteiger partial charge < -0.3 is 9.64 Å². The molecule has 1 aromatic rings. The van der Waals surface area contributed by atoms with Crippen molar-refractivity contribution in [1.82, 2.24) is 4.90 Å². The van der Waals surface area contributed by atoms with Gasteiger partial charge in [0.15, 0.2) is 6.61 Å². The van der Waals surface area contributed by atoms with E-state index in [1.807, 2.05) is 24.3 Å². The van der Waals surface area contributed by atoms with Crippen LogP contribution in [0, 0.1) is 22.7 Å². The Bertz CT molecular complexity index is 781. The number of carbonyl (C=O) groups is 3. The van der Waals surface area contributed by atoms with Crippen molar-refractivity contribution in [3.63, 3.8) is 0 Å². The van der Waals surface area contributed by atoms with E-state index in [4.69, 9.17) is 15.3 Å². The van der Waals surface area contributed by atoms with Gasteiger partial charge in [-0.05, 0) is 12.1 Å². The van der Waals surface area contributed by atoms with Crippen LogP contribution in [0.5, 0.6) is 0 Å². The molecular weight excluding hydrogens is 368 g/mol. The standard InChI is InChI=1S/C18H18N4O4S/c19-7-3-9-21(10-4-8-20)16(23)12-26-18(25)11-22-14-5-1-2-6-15(14)27-13-17(22)24/h1-2,5-6H,3-4,9-13H2. The Kier molecular flexibility index (Phi) is 7.65. The summed E-state index contributed by atoms with van der Waals surface area (Å²) in [6.07, 6.45) is 0.254. The average molecular weight is 386 g/mol. The summed E-state index contributed by atoms with van der Waals surface area (Å²) in [5, 5.41) is 17.3. The van der Waals surface area contributed by atoms with Crippen molar-refractivity contribution in [2.75, 3.05) is 36.9 Å². The Hall–Kier alpha value is -3.04. The Morgan fingerprint density at radius 3 is 2.52 bits per heavy atom. The predicted molar refractivity (Wildman–Crippen MR) is 97.5 cm³/mol. The molecule has 1 aliphatic heterocycles. The van der Waals surface area contributed by atoms with Crippen molar-refractivity contribution in [2.24, 2.45) is 0 Å². The van der Waals surface area contributed by atoms with Crippen LogP contribution in [0.2, 0.25) is 0 Å². The summed E-state index contributed by atoms with van der Waals surface area (Å²) in [5.74, 6) is -1.14. The molecule has 1 heterocycles. The molecule has 9 heteroatoms. The fraction of sp³-hybridized carbons (Fsp3) is 0.389. The number of esters is 1. The van der Waals surface area contributed by atoms with Crippen molar-refractivity contribution >= 4 is 35.2 Å². The van der Waals surface area contributed by atoms with Crippen LogP contribution in [0.25, 0.3) is 0 Å². The van der Waals surface area contributed by atoms with Crippen molar-refractivity contribution in [3.05, 3.63) is 24.3 Å². The first-order chi connectivity index (χ1) is 13.1. The highest BCUT2D eigenvalue weighted by atomic mass is 32.2. The number of amides is 2. The molecule has 1 aromatic carbocycles. The molecule has 0 saturated carbocycles. The van der Waals surface area contributed by atoms with Gasteiger partial charge in [0.1, 0.15) is 6.54 Å². The number of ether oxygens (including phenoxy) is 1. The molecule has 0 bridgehead atoms. The molecule has 0 atom stereocenters. The van der Waals surface area contributed by atoms with Crippen LogP contribution in [-0.4, -0.2) is 54.7 Å². The second-order valence-electron chi connectivity index (χ2n) is 5.59. The Labute approximate surface area is 161 Å². The quantitative estimate of drug-likeness (QED) is 0.619. The van der Waals surface area contributed by atoms with E-state index in [0.717, 1.165) is 4.90 Å². The molecule has 0 aliphatic carbocycles. The number of hydrogen-bond acceptors (Lipinski definition) is 7. The minimum Gasteiger partial charge on any atom is -0.454 e. The third-order valence-corrected chi connectivity index (χ3v) is 4.84. The molecule has 0 fully saturated rings. The lowest BCUT2D eigenvalue weighted by molar-refractivity contribution is -0.151. The number of thioether (sulfide) groups is 1. The number of hydrogen-bond donors (Lipinski definition) is 0. The highest BCUT2D eigenvalue weighted by Gasteiger charge is 2.27. The molecule has 8 nitrogen and oxygen atoms in total. The molecule has 140 valence electrons. The van der Waals surface area contributed by atoms with Gasteiger partial charge >= 0.3 is 5.97 Å². The molecule has 1 aliphatic rings. The lowest BCUT2D eigenvalue weighted by atomic mass is 10.2. The SMILES string of the molecule is N#CCCN(CCC#N)C(=O)COC(=O)CN1C(=O)CSc2ccccc21. The molecule has 0 spiro atoms. The smallest absolute Gasteiger partial charge is 0.326 e. The van der Waals surface area contributed by atoms with E-state index in [-0.39, 0.29) is 44.1 Å². The van der Waals surface area contributed by atoms with Crippen LogP contribution in [0.3, 0.4) is 0 Å². The number of carbonyl (C=O) groups excluding carboxylic acids is 3. The first-order valence-electron chi connectivity index (χ1n) is 8.26. The summed E-state index contributed by atoms with van der Waals surface area (Å²) in [4.78, 5) is 40.0. The maximum absolute atomic E-state index is 12.2. The second-order valence-corrected chi connectivity index (χ2v) is 6.61. The molecule has 27 heavy (non-hydrogen) atoms. The van der Waals surface area contributed by atoms with E-state index in [1.54, 1.807) is 12.1 Å². The minimum absolute atomic E-state index is 0.127. The molecule has 2 amide bonds. The average Bonchev–Trinajstić information content (AvgIpc) is 2.68. The second kappa shape index (κ2) is 10.2. The number of para-hydroxylation sites is 1.